The van der Waals surface area contributed by atoms with Crippen molar-refractivity contribution in [2.75, 3.05) is 13.7 Å². The molecule has 2 rings (SSSR count). The Hall–Kier alpha value is -1.17. The van der Waals surface area contributed by atoms with Crippen LogP contribution in [0.25, 0.3) is 0 Å². The Morgan fingerprint density at radius 2 is 2.56 bits per heavy atom. The fourth-order valence-corrected chi connectivity index (χ4v) is 2.64. The number of nitrogens with two attached hydrogens (primary N) is 1. The normalized spacial score (nSPS) is 28.3. The summed E-state index contributed by atoms with van der Waals surface area (Å²) in [6, 6.07) is 3.78. The van der Waals surface area contributed by atoms with Gasteiger partial charge in [-0.1, -0.05) is 6.07 Å². The zero-order valence-corrected chi connectivity index (χ0v) is 10.9. The Balaban J connectivity index is 2.18. The lowest BCUT2D eigenvalue weighted by molar-refractivity contribution is -0.153. The van der Waals surface area contributed by atoms with Crippen molar-refractivity contribution in [1.82, 2.24) is 9.88 Å². The quantitative estimate of drug-likeness (QED) is 0.647. The van der Waals surface area contributed by atoms with E-state index in [4.69, 9.17) is 22.1 Å². The molecule has 5 nitrogen and oxygen atoms in total. The van der Waals surface area contributed by atoms with Crippen LogP contribution in [0.1, 0.15) is 12.0 Å². The molecule has 0 saturated carbocycles. The van der Waals surface area contributed by atoms with Crippen LogP contribution in [0, 0.1) is 0 Å². The summed E-state index contributed by atoms with van der Waals surface area (Å²) in [6.07, 6.45) is 3.84. The molecule has 1 fully saturated rings. The van der Waals surface area contributed by atoms with Gasteiger partial charge < -0.3 is 10.5 Å². The predicted octanol–water partition coefficient (Wildman–Crippen LogP) is 0.723. The third kappa shape index (κ3) is 2.48. The van der Waals surface area contributed by atoms with Crippen LogP contribution in [0.5, 0.6) is 0 Å². The predicted molar refractivity (Wildman–Crippen MR) is 67.8 cm³/mol. The van der Waals surface area contributed by atoms with Gasteiger partial charge in [-0.25, -0.2) is 4.79 Å². The number of aromatic nitrogens is 1. The van der Waals surface area contributed by atoms with Crippen LogP contribution in [0.2, 0.25) is 0 Å². The van der Waals surface area contributed by atoms with Crippen LogP contribution in [-0.4, -0.2) is 40.5 Å². The number of alkyl halides is 1. The summed E-state index contributed by atoms with van der Waals surface area (Å²) in [5.74, 6) is -0.449. The monoisotopic (exact) mass is 269 g/mol. The molecule has 2 N–H and O–H groups in total. The van der Waals surface area contributed by atoms with Crippen molar-refractivity contribution < 1.29 is 9.53 Å². The van der Waals surface area contributed by atoms with Gasteiger partial charge in [0.1, 0.15) is 0 Å². The number of rotatable bonds is 3. The lowest BCUT2D eigenvalue weighted by atomic mass is 10.1. The maximum atomic E-state index is 11.8. The van der Waals surface area contributed by atoms with Gasteiger partial charge in [-0.15, -0.1) is 11.6 Å². The topological polar surface area (TPSA) is 68.5 Å². The first kappa shape index (κ1) is 13.3. The van der Waals surface area contributed by atoms with Gasteiger partial charge in [-0.05, 0) is 11.6 Å². The summed E-state index contributed by atoms with van der Waals surface area (Å²) >= 11 is 6.11. The number of methoxy groups -OCH3 is 1. The minimum absolute atomic E-state index is 0.147. The van der Waals surface area contributed by atoms with Crippen molar-refractivity contribution in [3.63, 3.8) is 0 Å². The van der Waals surface area contributed by atoms with Crippen molar-refractivity contribution in [2.45, 2.75) is 24.0 Å². The fraction of sp³-hybridized carbons (Fsp3) is 0.500. The zero-order chi connectivity index (χ0) is 13.2. The van der Waals surface area contributed by atoms with E-state index in [1.165, 1.54) is 7.11 Å². The molecule has 0 radical (unpaired) electrons. The van der Waals surface area contributed by atoms with E-state index in [-0.39, 0.29) is 5.38 Å². The summed E-state index contributed by atoms with van der Waals surface area (Å²) < 4.78 is 4.77. The van der Waals surface area contributed by atoms with Crippen LogP contribution < -0.4 is 5.73 Å². The number of pyridine rings is 1. The summed E-state index contributed by atoms with van der Waals surface area (Å²) in [7, 11) is 1.33. The molecule has 6 heteroatoms. The van der Waals surface area contributed by atoms with E-state index < -0.39 is 11.6 Å². The Morgan fingerprint density at radius 3 is 3.17 bits per heavy atom. The number of carbonyl (C=O) groups is 1. The molecule has 98 valence electrons. The summed E-state index contributed by atoms with van der Waals surface area (Å²) in [6.45, 7) is 1.09. The van der Waals surface area contributed by atoms with Crippen LogP contribution in [-0.2, 0) is 16.1 Å². The van der Waals surface area contributed by atoms with Gasteiger partial charge in [0.2, 0.25) is 0 Å². The molecular formula is C12H16ClN3O2. The second-order valence-electron chi connectivity index (χ2n) is 4.46. The highest BCUT2D eigenvalue weighted by molar-refractivity contribution is 6.21. The number of ether oxygens (including phenoxy) is 1. The third-order valence-corrected chi connectivity index (χ3v) is 3.44. The minimum Gasteiger partial charge on any atom is -0.467 e. The maximum Gasteiger partial charge on any atom is 0.341 e. The first-order chi connectivity index (χ1) is 8.56. The summed E-state index contributed by atoms with van der Waals surface area (Å²) in [5.41, 5.74) is 5.99. The number of hydrogen-bond acceptors (Lipinski definition) is 5. The minimum atomic E-state index is -1.14. The van der Waals surface area contributed by atoms with Gasteiger partial charge in [0, 0.05) is 31.9 Å². The van der Waals surface area contributed by atoms with E-state index in [2.05, 4.69) is 4.98 Å². The number of nitrogens with zero attached hydrogens (tertiary/aromatic N) is 2. The molecule has 1 aromatic heterocycles. The van der Waals surface area contributed by atoms with Gasteiger partial charge in [0.15, 0.2) is 5.66 Å². The molecule has 0 bridgehead atoms. The fourth-order valence-electron chi connectivity index (χ4n) is 2.24. The Bertz CT molecular complexity index is 429. The highest BCUT2D eigenvalue weighted by Crippen LogP contribution is 2.30. The largest absolute Gasteiger partial charge is 0.467 e. The van der Waals surface area contributed by atoms with Crippen molar-refractivity contribution in [2.24, 2.45) is 5.73 Å². The Morgan fingerprint density at radius 1 is 1.78 bits per heavy atom. The molecule has 0 aromatic carbocycles. The van der Waals surface area contributed by atoms with Crippen molar-refractivity contribution in [1.29, 1.82) is 0 Å². The number of likely N-dealkylation sites (tertiary alicyclic amines) is 1. The van der Waals surface area contributed by atoms with E-state index >= 15 is 0 Å². The lowest BCUT2D eigenvalue weighted by Gasteiger charge is -2.31. The molecule has 0 spiro atoms. The van der Waals surface area contributed by atoms with Gasteiger partial charge in [0.25, 0.3) is 0 Å². The summed E-state index contributed by atoms with van der Waals surface area (Å²) in [4.78, 5) is 17.7. The number of carbonyl (C=O) groups excluding carboxylic acids is 1. The summed E-state index contributed by atoms with van der Waals surface area (Å²) in [5, 5.41) is -0.147. The lowest BCUT2D eigenvalue weighted by Crippen LogP contribution is -2.58. The molecule has 1 aliphatic heterocycles. The smallest absolute Gasteiger partial charge is 0.341 e. The molecule has 0 aliphatic carbocycles. The average Bonchev–Trinajstić information content (AvgIpc) is 2.65. The van der Waals surface area contributed by atoms with Crippen molar-refractivity contribution >= 4 is 17.6 Å². The Labute approximate surface area is 111 Å². The van der Waals surface area contributed by atoms with Crippen molar-refractivity contribution in [3.8, 4) is 0 Å². The Kier molecular flexibility index (Phi) is 3.85. The molecule has 2 heterocycles. The molecule has 1 saturated heterocycles. The zero-order valence-electron chi connectivity index (χ0n) is 10.2. The first-order valence-electron chi connectivity index (χ1n) is 5.71. The molecule has 2 atom stereocenters. The maximum absolute atomic E-state index is 11.8. The van der Waals surface area contributed by atoms with E-state index in [1.54, 1.807) is 12.4 Å². The van der Waals surface area contributed by atoms with E-state index in [1.807, 2.05) is 17.0 Å². The van der Waals surface area contributed by atoms with Gasteiger partial charge >= 0.3 is 5.97 Å². The van der Waals surface area contributed by atoms with Crippen molar-refractivity contribution in [3.05, 3.63) is 30.1 Å². The van der Waals surface area contributed by atoms with Crippen LogP contribution in [0.4, 0.5) is 0 Å². The molecule has 18 heavy (non-hydrogen) atoms. The molecule has 1 aromatic rings. The van der Waals surface area contributed by atoms with Gasteiger partial charge in [-0.2, -0.15) is 0 Å². The van der Waals surface area contributed by atoms with Gasteiger partial charge in [0.05, 0.1) is 12.5 Å². The molecule has 1 aliphatic rings. The van der Waals surface area contributed by atoms with E-state index in [0.717, 1.165) is 5.56 Å². The van der Waals surface area contributed by atoms with Crippen LogP contribution in [0.15, 0.2) is 24.5 Å². The number of esters is 1. The molecule has 0 amide bonds. The molecular weight excluding hydrogens is 254 g/mol. The standard InChI is InChI=1S/C12H16ClN3O2/c1-18-11(17)12(14)5-10(13)8-16(12)7-9-3-2-4-15-6-9/h2-4,6,10H,5,7-8,14H2,1H3/t10-,12-/m0/s1. The first-order valence-corrected chi connectivity index (χ1v) is 6.15. The number of halogens is 1. The number of hydrogen-bond donors (Lipinski definition) is 1. The molecule has 0 unspecified atom stereocenters. The van der Waals surface area contributed by atoms with E-state index in [0.29, 0.717) is 19.5 Å². The van der Waals surface area contributed by atoms with Gasteiger partial charge in [-0.3, -0.25) is 9.88 Å². The van der Waals surface area contributed by atoms with E-state index in [9.17, 15) is 4.79 Å². The SMILES string of the molecule is COC(=O)[C@]1(N)C[C@H](Cl)CN1Cc1cccnc1. The highest BCUT2D eigenvalue weighted by atomic mass is 35.5. The van der Waals surface area contributed by atoms with Crippen LogP contribution >= 0.6 is 11.6 Å². The second kappa shape index (κ2) is 5.22. The van der Waals surface area contributed by atoms with Crippen LogP contribution in [0.3, 0.4) is 0 Å². The third-order valence-electron chi connectivity index (χ3n) is 3.15. The average molecular weight is 270 g/mol. The highest BCUT2D eigenvalue weighted by Gasteiger charge is 2.48. The second-order valence-corrected chi connectivity index (χ2v) is 5.08.